The van der Waals surface area contributed by atoms with Gasteiger partial charge in [0, 0.05) is 12.0 Å². The van der Waals surface area contributed by atoms with Crippen LogP contribution in [-0.2, 0) is 6.42 Å². The number of benzene rings is 1. The quantitative estimate of drug-likeness (QED) is 0.607. The number of nitriles is 1. The predicted octanol–water partition coefficient (Wildman–Crippen LogP) is 2.04. The van der Waals surface area contributed by atoms with Crippen molar-refractivity contribution in [1.82, 2.24) is 0 Å². The Bertz CT molecular complexity index is 370. The SMILES string of the molecule is N#CC1CCc2c(F)cccc2O1. The molecule has 0 spiro atoms. The van der Waals surface area contributed by atoms with Crippen LogP contribution in [0.15, 0.2) is 18.2 Å². The van der Waals surface area contributed by atoms with E-state index in [0.29, 0.717) is 24.2 Å². The lowest BCUT2D eigenvalue weighted by Gasteiger charge is -2.21. The molecule has 1 unspecified atom stereocenters. The predicted molar refractivity (Wildman–Crippen MR) is 44.8 cm³/mol. The van der Waals surface area contributed by atoms with Gasteiger partial charge in [0.1, 0.15) is 17.6 Å². The van der Waals surface area contributed by atoms with Gasteiger partial charge in [-0.3, -0.25) is 0 Å². The van der Waals surface area contributed by atoms with Gasteiger partial charge in [-0.2, -0.15) is 5.26 Å². The van der Waals surface area contributed by atoms with E-state index in [0.717, 1.165) is 0 Å². The van der Waals surface area contributed by atoms with E-state index in [2.05, 4.69) is 0 Å². The van der Waals surface area contributed by atoms with E-state index in [4.69, 9.17) is 10.00 Å². The monoisotopic (exact) mass is 177 g/mol. The second-order valence-electron chi connectivity index (χ2n) is 2.99. The minimum Gasteiger partial charge on any atom is -0.475 e. The summed E-state index contributed by atoms with van der Waals surface area (Å²) < 4.78 is 18.4. The Balaban J connectivity index is 2.37. The first-order chi connectivity index (χ1) is 6.31. The molecule has 0 N–H and O–H groups in total. The third-order valence-electron chi connectivity index (χ3n) is 2.15. The summed E-state index contributed by atoms with van der Waals surface area (Å²) in [6.07, 6.45) is 0.735. The minimum absolute atomic E-state index is 0.242. The fourth-order valence-corrected chi connectivity index (χ4v) is 1.47. The van der Waals surface area contributed by atoms with Crippen LogP contribution in [-0.4, -0.2) is 6.10 Å². The molecule has 66 valence electrons. The van der Waals surface area contributed by atoms with E-state index in [1.165, 1.54) is 6.07 Å². The van der Waals surface area contributed by atoms with Crippen LogP contribution in [0.1, 0.15) is 12.0 Å². The zero-order valence-corrected chi connectivity index (χ0v) is 6.96. The topological polar surface area (TPSA) is 33.0 Å². The fraction of sp³-hybridized carbons (Fsp3) is 0.300. The van der Waals surface area contributed by atoms with Crippen LogP contribution in [0.2, 0.25) is 0 Å². The molecule has 0 saturated heterocycles. The number of ether oxygens (including phenoxy) is 1. The summed E-state index contributed by atoms with van der Waals surface area (Å²) in [7, 11) is 0. The molecule has 1 aliphatic rings. The Morgan fingerprint density at radius 1 is 1.54 bits per heavy atom. The molecular formula is C10H8FNO. The largest absolute Gasteiger partial charge is 0.475 e. The first kappa shape index (κ1) is 8.06. The smallest absolute Gasteiger partial charge is 0.184 e. The van der Waals surface area contributed by atoms with Crippen LogP contribution in [0.3, 0.4) is 0 Å². The summed E-state index contributed by atoms with van der Waals surface area (Å²) in [5, 5.41) is 8.62. The van der Waals surface area contributed by atoms with Gasteiger partial charge in [-0.25, -0.2) is 4.39 Å². The van der Waals surface area contributed by atoms with Crippen LogP contribution in [0.4, 0.5) is 4.39 Å². The second-order valence-corrected chi connectivity index (χ2v) is 2.99. The molecule has 1 aliphatic heterocycles. The van der Waals surface area contributed by atoms with Crippen molar-refractivity contribution in [3.05, 3.63) is 29.6 Å². The molecule has 1 heterocycles. The maximum absolute atomic E-state index is 13.1. The van der Waals surface area contributed by atoms with Gasteiger partial charge in [0.2, 0.25) is 0 Å². The second kappa shape index (κ2) is 3.06. The summed E-state index contributed by atoms with van der Waals surface area (Å²) in [5.41, 5.74) is 0.592. The van der Waals surface area contributed by atoms with Crippen molar-refractivity contribution < 1.29 is 9.13 Å². The average Bonchev–Trinajstić information content (AvgIpc) is 2.18. The van der Waals surface area contributed by atoms with Crippen molar-refractivity contribution in [3.8, 4) is 11.8 Å². The number of fused-ring (bicyclic) bond motifs is 1. The van der Waals surface area contributed by atoms with Gasteiger partial charge >= 0.3 is 0 Å². The van der Waals surface area contributed by atoms with Crippen molar-refractivity contribution >= 4 is 0 Å². The number of rotatable bonds is 0. The Labute approximate surface area is 75.6 Å². The van der Waals surface area contributed by atoms with E-state index in [-0.39, 0.29) is 5.82 Å². The van der Waals surface area contributed by atoms with Gasteiger partial charge in [0.15, 0.2) is 6.10 Å². The molecule has 13 heavy (non-hydrogen) atoms. The summed E-state index contributed by atoms with van der Waals surface area (Å²) in [6, 6.07) is 6.72. The standard InChI is InChI=1S/C10H8FNO/c11-9-2-1-3-10-8(9)5-4-7(6-12)13-10/h1-3,7H,4-5H2. The highest BCUT2D eigenvalue weighted by atomic mass is 19.1. The number of hydrogen-bond donors (Lipinski definition) is 0. The Hall–Kier alpha value is -1.56. The highest BCUT2D eigenvalue weighted by Gasteiger charge is 2.21. The van der Waals surface area contributed by atoms with E-state index in [1.54, 1.807) is 12.1 Å². The Morgan fingerprint density at radius 3 is 3.15 bits per heavy atom. The van der Waals surface area contributed by atoms with Gasteiger partial charge in [0.25, 0.3) is 0 Å². The van der Waals surface area contributed by atoms with Gasteiger partial charge in [-0.1, -0.05) is 6.07 Å². The molecule has 0 radical (unpaired) electrons. The molecule has 1 aromatic carbocycles. The van der Waals surface area contributed by atoms with Crippen LogP contribution >= 0.6 is 0 Å². The maximum Gasteiger partial charge on any atom is 0.184 e. The Kier molecular flexibility index (Phi) is 1.90. The van der Waals surface area contributed by atoms with Crippen LogP contribution in [0.25, 0.3) is 0 Å². The first-order valence-electron chi connectivity index (χ1n) is 4.15. The fourth-order valence-electron chi connectivity index (χ4n) is 1.47. The van der Waals surface area contributed by atoms with Gasteiger partial charge in [-0.05, 0) is 18.6 Å². The van der Waals surface area contributed by atoms with E-state index < -0.39 is 6.10 Å². The molecule has 0 fully saturated rings. The van der Waals surface area contributed by atoms with Crippen LogP contribution in [0, 0.1) is 17.1 Å². The van der Waals surface area contributed by atoms with E-state index in [1.807, 2.05) is 6.07 Å². The highest BCUT2D eigenvalue weighted by molar-refractivity contribution is 5.37. The molecule has 1 atom stereocenters. The molecule has 0 amide bonds. The van der Waals surface area contributed by atoms with Gasteiger partial charge in [-0.15, -0.1) is 0 Å². The number of hydrogen-bond acceptors (Lipinski definition) is 2. The molecule has 3 heteroatoms. The summed E-state index contributed by atoms with van der Waals surface area (Å²) >= 11 is 0. The molecule has 2 nitrogen and oxygen atoms in total. The summed E-state index contributed by atoms with van der Waals surface area (Å²) in [6.45, 7) is 0. The van der Waals surface area contributed by atoms with Gasteiger partial charge in [0.05, 0.1) is 0 Å². The van der Waals surface area contributed by atoms with Gasteiger partial charge < -0.3 is 4.74 Å². The zero-order chi connectivity index (χ0) is 9.26. The Morgan fingerprint density at radius 2 is 2.38 bits per heavy atom. The van der Waals surface area contributed by atoms with E-state index in [9.17, 15) is 4.39 Å². The van der Waals surface area contributed by atoms with Crippen molar-refractivity contribution in [2.24, 2.45) is 0 Å². The normalized spacial score (nSPS) is 19.8. The van der Waals surface area contributed by atoms with Crippen molar-refractivity contribution in [2.45, 2.75) is 18.9 Å². The third kappa shape index (κ3) is 1.35. The average molecular weight is 177 g/mol. The molecule has 1 aromatic rings. The first-order valence-corrected chi connectivity index (χ1v) is 4.15. The van der Waals surface area contributed by atoms with Crippen molar-refractivity contribution in [3.63, 3.8) is 0 Å². The number of nitrogens with zero attached hydrogens (tertiary/aromatic N) is 1. The molecule has 0 aliphatic carbocycles. The summed E-state index contributed by atoms with van der Waals surface area (Å²) in [5.74, 6) is 0.270. The van der Waals surface area contributed by atoms with Crippen LogP contribution in [0.5, 0.6) is 5.75 Å². The maximum atomic E-state index is 13.1. The van der Waals surface area contributed by atoms with Crippen molar-refractivity contribution in [2.75, 3.05) is 0 Å². The zero-order valence-electron chi connectivity index (χ0n) is 6.96. The molecule has 0 bridgehead atoms. The molecule has 0 aromatic heterocycles. The lowest BCUT2D eigenvalue weighted by Crippen LogP contribution is -2.21. The van der Waals surface area contributed by atoms with Crippen molar-refractivity contribution in [1.29, 1.82) is 5.26 Å². The molecule has 2 rings (SSSR count). The number of halogens is 1. The third-order valence-corrected chi connectivity index (χ3v) is 2.15. The molecular weight excluding hydrogens is 169 g/mol. The lowest BCUT2D eigenvalue weighted by atomic mass is 10.0. The lowest BCUT2D eigenvalue weighted by molar-refractivity contribution is 0.222. The van der Waals surface area contributed by atoms with Crippen LogP contribution < -0.4 is 4.74 Å². The van der Waals surface area contributed by atoms with E-state index >= 15 is 0 Å². The minimum atomic E-state index is -0.422. The molecule has 0 saturated carbocycles. The highest BCUT2D eigenvalue weighted by Crippen LogP contribution is 2.28. The summed E-state index contributed by atoms with van der Waals surface area (Å²) in [4.78, 5) is 0.